The van der Waals surface area contributed by atoms with Crippen LogP contribution in [0.3, 0.4) is 0 Å². The first-order valence-corrected chi connectivity index (χ1v) is 3.60. The second-order valence-corrected chi connectivity index (χ2v) is 2.50. The fraction of sp³-hybridized carbons (Fsp3) is 0.125. The molecule has 0 saturated heterocycles. The third-order valence-electron chi connectivity index (χ3n) is 1.51. The van der Waals surface area contributed by atoms with Gasteiger partial charge < -0.3 is 5.73 Å². The number of rotatable bonds is 2. The van der Waals surface area contributed by atoms with Gasteiger partial charge in [0.25, 0.3) is 0 Å². The van der Waals surface area contributed by atoms with E-state index in [-0.39, 0.29) is 5.96 Å². The highest BCUT2D eigenvalue weighted by atomic mass is 15.4. The number of hydrogen-bond donors (Lipinski definition) is 3. The normalized spacial score (nSPS) is 9.42. The molecule has 0 saturated carbocycles. The van der Waals surface area contributed by atoms with Gasteiger partial charge in [0.1, 0.15) is 0 Å². The molecular weight excluding hydrogens is 152 g/mol. The largest absolute Gasteiger partial charge is 0.369 e. The van der Waals surface area contributed by atoms with Gasteiger partial charge in [0, 0.05) is 0 Å². The number of nitrogens with one attached hydrogen (secondary N) is 1. The standard InChI is InChI=1S/C8H12N4/c9-8(10)12(11)6-7-4-2-1-3-5-7/h1-5H,6,11H2,(H3,9,10). The Balaban J connectivity index is 2.58. The van der Waals surface area contributed by atoms with E-state index in [0.29, 0.717) is 6.54 Å². The van der Waals surface area contributed by atoms with Crippen LogP contribution in [0.4, 0.5) is 0 Å². The average molecular weight is 164 g/mol. The summed E-state index contributed by atoms with van der Waals surface area (Å²) in [6.45, 7) is 0.468. The fourth-order valence-corrected chi connectivity index (χ4v) is 0.865. The smallest absolute Gasteiger partial charge is 0.203 e. The van der Waals surface area contributed by atoms with Crippen molar-refractivity contribution in [3.63, 3.8) is 0 Å². The van der Waals surface area contributed by atoms with E-state index in [9.17, 15) is 0 Å². The minimum atomic E-state index is -0.126. The molecule has 0 bridgehead atoms. The molecule has 1 aromatic carbocycles. The van der Waals surface area contributed by atoms with Gasteiger partial charge >= 0.3 is 0 Å². The van der Waals surface area contributed by atoms with Crippen LogP contribution in [0, 0.1) is 5.41 Å². The van der Waals surface area contributed by atoms with Gasteiger partial charge in [-0.05, 0) is 5.56 Å². The van der Waals surface area contributed by atoms with Crippen LogP contribution in [-0.4, -0.2) is 11.0 Å². The average Bonchev–Trinajstić information content (AvgIpc) is 2.06. The van der Waals surface area contributed by atoms with Crippen LogP contribution in [0.5, 0.6) is 0 Å². The minimum absolute atomic E-state index is 0.126. The van der Waals surface area contributed by atoms with Crippen molar-refractivity contribution >= 4 is 5.96 Å². The molecule has 0 unspecified atom stereocenters. The molecule has 0 aliphatic carbocycles. The Kier molecular flexibility index (Phi) is 2.66. The first kappa shape index (κ1) is 8.55. The van der Waals surface area contributed by atoms with Crippen molar-refractivity contribution in [3.8, 4) is 0 Å². The highest BCUT2D eigenvalue weighted by Gasteiger charge is 1.99. The number of guanidine groups is 1. The Bertz CT molecular complexity index is 257. The van der Waals surface area contributed by atoms with E-state index in [1.54, 1.807) is 0 Å². The maximum absolute atomic E-state index is 7.03. The van der Waals surface area contributed by atoms with E-state index in [2.05, 4.69) is 0 Å². The van der Waals surface area contributed by atoms with Gasteiger partial charge in [-0.3, -0.25) is 10.4 Å². The number of hydrogen-bond acceptors (Lipinski definition) is 2. The van der Waals surface area contributed by atoms with E-state index in [4.69, 9.17) is 17.0 Å². The van der Waals surface area contributed by atoms with Gasteiger partial charge in [-0.1, -0.05) is 30.3 Å². The number of nitrogens with two attached hydrogens (primary N) is 2. The van der Waals surface area contributed by atoms with Crippen molar-refractivity contribution in [1.82, 2.24) is 5.01 Å². The number of nitrogens with zero attached hydrogens (tertiary/aromatic N) is 1. The summed E-state index contributed by atoms with van der Waals surface area (Å²) in [4.78, 5) is 0. The molecule has 1 rings (SSSR count). The summed E-state index contributed by atoms with van der Waals surface area (Å²) in [5.74, 6) is 5.31. The molecule has 4 heteroatoms. The molecule has 0 aromatic heterocycles. The predicted molar refractivity (Wildman–Crippen MR) is 48.1 cm³/mol. The van der Waals surface area contributed by atoms with E-state index < -0.39 is 0 Å². The van der Waals surface area contributed by atoms with Gasteiger partial charge in [-0.15, -0.1) is 0 Å². The van der Waals surface area contributed by atoms with Crippen molar-refractivity contribution < 1.29 is 0 Å². The van der Waals surface area contributed by atoms with Crippen LogP contribution in [0.2, 0.25) is 0 Å². The SMILES string of the molecule is N=C(N)N(N)Cc1ccccc1. The zero-order valence-corrected chi connectivity index (χ0v) is 6.70. The van der Waals surface area contributed by atoms with Crippen LogP contribution in [-0.2, 0) is 6.54 Å². The highest BCUT2D eigenvalue weighted by molar-refractivity contribution is 5.73. The molecule has 0 atom stereocenters. The highest BCUT2D eigenvalue weighted by Crippen LogP contribution is 1.99. The Morgan fingerprint density at radius 3 is 2.42 bits per heavy atom. The van der Waals surface area contributed by atoms with Gasteiger partial charge in [-0.2, -0.15) is 0 Å². The summed E-state index contributed by atoms with van der Waals surface area (Å²) in [6, 6.07) is 9.64. The lowest BCUT2D eigenvalue weighted by molar-refractivity contribution is 0.426. The first-order valence-electron chi connectivity index (χ1n) is 3.60. The van der Waals surface area contributed by atoms with E-state index in [1.807, 2.05) is 30.3 Å². The Labute approximate surface area is 71.3 Å². The molecule has 4 nitrogen and oxygen atoms in total. The fourth-order valence-electron chi connectivity index (χ4n) is 0.865. The molecule has 12 heavy (non-hydrogen) atoms. The monoisotopic (exact) mass is 164 g/mol. The van der Waals surface area contributed by atoms with E-state index in [0.717, 1.165) is 5.56 Å². The van der Waals surface area contributed by atoms with Gasteiger partial charge in [0.05, 0.1) is 6.54 Å². The molecule has 0 fully saturated rings. The molecule has 0 aliphatic heterocycles. The van der Waals surface area contributed by atoms with Gasteiger partial charge in [0.2, 0.25) is 5.96 Å². The van der Waals surface area contributed by atoms with Crippen molar-refractivity contribution in [1.29, 1.82) is 5.41 Å². The van der Waals surface area contributed by atoms with Gasteiger partial charge in [0.15, 0.2) is 0 Å². The second-order valence-electron chi connectivity index (χ2n) is 2.50. The maximum Gasteiger partial charge on any atom is 0.203 e. The molecule has 0 spiro atoms. The summed E-state index contributed by atoms with van der Waals surface area (Å²) >= 11 is 0. The van der Waals surface area contributed by atoms with Crippen molar-refractivity contribution in [3.05, 3.63) is 35.9 Å². The Morgan fingerprint density at radius 2 is 1.92 bits per heavy atom. The topological polar surface area (TPSA) is 79.1 Å². The lowest BCUT2D eigenvalue weighted by Gasteiger charge is -2.15. The zero-order chi connectivity index (χ0) is 8.97. The van der Waals surface area contributed by atoms with Crippen LogP contribution in [0.1, 0.15) is 5.56 Å². The Morgan fingerprint density at radius 1 is 1.33 bits per heavy atom. The molecule has 1 aromatic rings. The first-order chi connectivity index (χ1) is 5.70. The van der Waals surface area contributed by atoms with Crippen LogP contribution in [0.15, 0.2) is 30.3 Å². The summed E-state index contributed by atoms with van der Waals surface area (Å²) in [7, 11) is 0. The molecule has 0 radical (unpaired) electrons. The predicted octanol–water partition coefficient (Wildman–Crippen LogP) is 0.256. The molecular formula is C8H12N4. The van der Waals surface area contributed by atoms with Crippen LogP contribution >= 0.6 is 0 Å². The van der Waals surface area contributed by atoms with Gasteiger partial charge in [-0.25, -0.2) is 5.84 Å². The Hall–Kier alpha value is -1.55. The zero-order valence-electron chi connectivity index (χ0n) is 6.70. The number of benzene rings is 1. The summed E-state index contributed by atoms with van der Waals surface area (Å²) < 4.78 is 0. The lowest BCUT2D eigenvalue weighted by Crippen LogP contribution is -2.41. The number of hydrazine groups is 1. The minimum Gasteiger partial charge on any atom is -0.369 e. The summed E-state index contributed by atoms with van der Waals surface area (Å²) in [5, 5.41) is 8.22. The maximum atomic E-state index is 7.03. The molecule has 0 amide bonds. The van der Waals surface area contributed by atoms with Crippen LogP contribution < -0.4 is 11.6 Å². The van der Waals surface area contributed by atoms with Crippen molar-refractivity contribution in [2.45, 2.75) is 6.54 Å². The van der Waals surface area contributed by atoms with E-state index in [1.165, 1.54) is 5.01 Å². The van der Waals surface area contributed by atoms with E-state index >= 15 is 0 Å². The molecule has 0 aliphatic rings. The third-order valence-corrected chi connectivity index (χ3v) is 1.51. The van der Waals surface area contributed by atoms with Crippen LogP contribution in [0.25, 0.3) is 0 Å². The quantitative estimate of drug-likeness (QED) is 0.254. The molecule has 5 N–H and O–H groups in total. The van der Waals surface area contributed by atoms with Crippen molar-refractivity contribution in [2.24, 2.45) is 11.6 Å². The summed E-state index contributed by atoms with van der Waals surface area (Å²) in [5.41, 5.74) is 6.21. The second kappa shape index (κ2) is 3.73. The lowest BCUT2D eigenvalue weighted by atomic mass is 10.2. The third kappa shape index (κ3) is 2.25. The molecule has 64 valence electrons. The van der Waals surface area contributed by atoms with Crippen molar-refractivity contribution in [2.75, 3.05) is 0 Å². The molecule has 0 heterocycles. The summed E-state index contributed by atoms with van der Waals surface area (Å²) in [6.07, 6.45) is 0.